The number of aliphatic hydroxyl groups excluding tert-OH is 1. The van der Waals surface area contributed by atoms with Crippen molar-refractivity contribution in [3.05, 3.63) is 33.9 Å². The van der Waals surface area contributed by atoms with Gasteiger partial charge in [0.25, 0.3) is 0 Å². The van der Waals surface area contributed by atoms with Crippen LogP contribution in [0.1, 0.15) is 6.42 Å². The van der Waals surface area contributed by atoms with Crippen LogP contribution in [0.15, 0.2) is 23.8 Å². The van der Waals surface area contributed by atoms with Crippen molar-refractivity contribution in [3.8, 4) is 0 Å². The number of nitro groups is 1. The van der Waals surface area contributed by atoms with Gasteiger partial charge < -0.3 is 5.11 Å². The molecule has 0 bridgehead atoms. The minimum Gasteiger partial charge on any atom is -0.392 e. The van der Waals surface area contributed by atoms with E-state index in [1.54, 1.807) is 12.2 Å². The normalized spacial score (nSPS) is 23.0. The molecule has 0 saturated heterocycles. The van der Waals surface area contributed by atoms with Gasteiger partial charge in [-0.05, 0) is 11.6 Å². The second-order valence-corrected chi connectivity index (χ2v) is 2.38. The lowest BCUT2D eigenvalue weighted by atomic mass is 10.0. The summed E-state index contributed by atoms with van der Waals surface area (Å²) in [6.45, 7) is -0.0407. The monoisotopic (exact) mass is 155 g/mol. The zero-order valence-electron chi connectivity index (χ0n) is 5.93. The molecule has 11 heavy (non-hydrogen) atoms. The summed E-state index contributed by atoms with van der Waals surface area (Å²) in [5, 5.41) is 18.8. The smallest absolute Gasteiger partial charge is 0.235 e. The molecule has 0 aromatic heterocycles. The Bertz CT molecular complexity index is 220. The fourth-order valence-electron chi connectivity index (χ4n) is 0.927. The minimum atomic E-state index is -0.606. The molecule has 0 amide bonds. The summed E-state index contributed by atoms with van der Waals surface area (Å²) >= 11 is 0. The van der Waals surface area contributed by atoms with Crippen molar-refractivity contribution >= 4 is 0 Å². The van der Waals surface area contributed by atoms with Crippen LogP contribution < -0.4 is 0 Å². The maximum atomic E-state index is 10.2. The highest BCUT2D eigenvalue weighted by Gasteiger charge is 2.17. The highest BCUT2D eigenvalue weighted by atomic mass is 16.6. The first-order chi connectivity index (χ1) is 5.24. The predicted molar refractivity (Wildman–Crippen MR) is 39.7 cm³/mol. The number of aliphatic hydroxyl groups is 1. The lowest BCUT2D eigenvalue weighted by Gasteiger charge is -2.07. The Labute approximate surface area is 64.0 Å². The predicted octanol–water partition coefficient (Wildman–Crippen LogP) is 0.510. The number of nitrogens with zero attached hydrogens (tertiary/aromatic N) is 1. The SMILES string of the molecule is O=[N+]([O-])C1C=CC(CO)=CC1. The van der Waals surface area contributed by atoms with Gasteiger partial charge in [-0.2, -0.15) is 0 Å². The average Bonchev–Trinajstić information content (AvgIpc) is 2.05. The summed E-state index contributed by atoms with van der Waals surface area (Å²) in [5.74, 6) is 0. The number of hydrogen-bond acceptors (Lipinski definition) is 3. The molecule has 0 aromatic carbocycles. The Morgan fingerprint density at radius 1 is 1.82 bits per heavy atom. The maximum Gasteiger partial charge on any atom is 0.235 e. The molecular formula is C7H9NO3. The van der Waals surface area contributed by atoms with Gasteiger partial charge >= 0.3 is 0 Å². The van der Waals surface area contributed by atoms with Crippen molar-refractivity contribution in [3.63, 3.8) is 0 Å². The molecular weight excluding hydrogens is 146 g/mol. The molecule has 0 radical (unpaired) electrons. The van der Waals surface area contributed by atoms with Gasteiger partial charge in [-0.1, -0.05) is 12.2 Å². The summed E-state index contributed by atoms with van der Waals surface area (Å²) in [6, 6.07) is -0.606. The second kappa shape index (κ2) is 3.30. The van der Waals surface area contributed by atoms with E-state index in [1.807, 2.05) is 0 Å². The minimum absolute atomic E-state index is 0.0407. The number of hydrogen-bond donors (Lipinski definition) is 1. The number of rotatable bonds is 2. The largest absolute Gasteiger partial charge is 0.392 e. The van der Waals surface area contributed by atoms with Gasteiger partial charge in [0, 0.05) is 11.3 Å². The van der Waals surface area contributed by atoms with E-state index in [0.717, 1.165) is 5.57 Å². The molecule has 0 fully saturated rings. The molecule has 4 heteroatoms. The lowest BCUT2D eigenvalue weighted by Crippen LogP contribution is -2.17. The standard InChI is InChI=1S/C7H9NO3/c9-5-6-1-3-7(4-2-6)8(10)11/h1-3,7,9H,4-5H2. The summed E-state index contributed by atoms with van der Waals surface area (Å²) in [6.07, 6.45) is 5.18. The third-order valence-electron chi connectivity index (χ3n) is 1.61. The molecule has 1 aliphatic carbocycles. The van der Waals surface area contributed by atoms with Crippen molar-refractivity contribution < 1.29 is 10.0 Å². The van der Waals surface area contributed by atoms with Crippen LogP contribution >= 0.6 is 0 Å². The Kier molecular flexibility index (Phi) is 2.38. The van der Waals surface area contributed by atoms with E-state index in [1.165, 1.54) is 6.08 Å². The van der Waals surface area contributed by atoms with Crippen LogP contribution in [0.25, 0.3) is 0 Å². The van der Waals surface area contributed by atoms with Crippen LogP contribution in [0.3, 0.4) is 0 Å². The van der Waals surface area contributed by atoms with Crippen LogP contribution in [0.2, 0.25) is 0 Å². The summed E-state index contributed by atoms with van der Waals surface area (Å²) < 4.78 is 0. The fourth-order valence-corrected chi connectivity index (χ4v) is 0.927. The topological polar surface area (TPSA) is 63.4 Å². The van der Waals surface area contributed by atoms with Crippen molar-refractivity contribution in [1.82, 2.24) is 0 Å². The van der Waals surface area contributed by atoms with Gasteiger partial charge in [0.15, 0.2) is 0 Å². The Balaban J connectivity index is 2.57. The first-order valence-electron chi connectivity index (χ1n) is 3.35. The fraction of sp³-hybridized carbons (Fsp3) is 0.429. The van der Waals surface area contributed by atoms with Crippen LogP contribution in [-0.4, -0.2) is 22.7 Å². The van der Waals surface area contributed by atoms with E-state index in [-0.39, 0.29) is 11.5 Å². The molecule has 0 heterocycles. The van der Waals surface area contributed by atoms with Crippen molar-refractivity contribution in [2.24, 2.45) is 0 Å². The highest BCUT2D eigenvalue weighted by Crippen LogP contribution is 2.11. The Morgan fingerprint density at radius 3 is 2.91 bits per heavy atom. The van der Waals surface area contributed by atoms with Gasteiger partial charge in [0.1, 0.15) is 0 Å². The maximum absolute atomic E-state index is 10.2. The molecule has 60 valence electrons. The quantitative estimate of drug-likeness (QED) is 0.466. The Morgan fingerprint density at radius 2 is 2.55 bits per heavy atom. The van der Waals surface area contributed by atoms with Crippen molar-refractivity contribution in [2.45, 2.75) is 12.5 Å². The van der Waals surface area contributed by atoms with E-state index in [4.69, 9.17) is 5.11 Å². The molecule has 0 aromatic rings. The van der Waals surface area contributed by atoms with E-state index in [9.17, 15) is 10.1 Å². The van der Waals surface area contributed by atoms with Gasteiger partial charge in [0.05, 0.1) is 6.61 Å². The van der Waals surface area contributed by atoms with Gasteiger partial charge in [-0.3, -0.25) is 10.1 Å². The first kappa shape index (κ1) is 7.94. The Hall–Kier alpha value is -1.16. The third-order valence-corrected chi connectivity index (χ3v) is 1.61. The van der Waals surface area contributed by atoms with Crippen molar-refractivity contribution in [1.29, 1.82) is 0 Å². The first-order valence-corrected chi connectivity index (χ1v) is 3.35. The molecule has 1 N–H and O–H groups in total. The molecule has 0 spiro atoms. The van der Waals surface area contributed by atoms with Crippen molar-refractivity contribution in [2.75, 3.05) is 6.61 Å². The second-order valence-electron chi connectivity index (χ2n) is 2.38. The molecule has 1 aliphatic rings. The molecule has 1 atom stereocenters. The van der Waals surface area contributed by atoms with Gasteiger partial charge in [0.2, 0.25) is 6.04 Å². The van der Waals surface area contributed by atoms with E-state index in [0.29, 0.717) is 6.42 Å². The van der Waals surface area contributed by atoms with Crippen LogP contribution in [0.4, 0.5) is 0 Å². The zero-order valence-corrected chi connectivity index (χ0v) is 5.93. The van der Waals surface area contributed by atoms with Gasteiger partial charge in [-0.15, -0.1) is 0 Å². The third kappa shape index (κ3) is 1.88. The average molecular weight is 155 g/mol. The van der Waals surface area contributed by atoms with E-state index in [2.05, 4.69) is 0 Å². The molecule has 0 saturated carbocycles. The van der Waals surface area contributed by atoms with Gasteiger partial charge in [-0.25, -0.2) is 0 Å². The lowest BCUT2D eigenvalue weighted by molar-refractivity contribution is -0.508. The summed E-state index contributed by atoms with van der Waals surface area (Å²) in [5.41, 5.74) is 0.753. The molecule has 1 rings (SSSR count). The summed E-state index contributed by atoms with van der Waals surface area (Å²) in [7, 11) is 0. The zero-order chi connectivity index (χ0) is 8.27. The summed E-state index contributed by atoms with van der Waals surface area (Å²) in [4.78, 5) is 9.88. The van der Waals surface area contributed by atoms with Crippen LogP contribution in [0, 0.1) is 10.1 Å². The van der Waals surface area contributed by atoms with Crippen LogP contribution in [-0.2, 0) is 0 Å². The van der Waals surface area contributed by atoms with E-state index >= 15 is 0 Å². The van der Waals surface area contributed by atoms with E-state index < -0.39 is 6.04 Å². The highest BCUT2D eigenvalue weighted by molar-refractivity contribution is 5.24. The molecule has 0 aliphatic heterocycles. The van der Waals surface area contributed by atoms with Crippen LogP contribution in [0.5, 0.6) is 0 Å². The molecule has 4 nitrogen and oxygen atoms in total. The molecule has 1 unspecified atom stereocenters.